The summed E-state index contributed by atoms with van der Waals surface area (Å²) in [6, 6.07) is 8.33. The van der Waals surface area contributed by atoms with E-state index in [1.807, 2.05) is 6.07 Å². The Hall–Kier alpha value is -2.30. The van der Waals surface area contributed by atoms with Crippen molar-refractivity contribution in [2.75, 3.05) is 12.0 Å². The van der Waals surface area contributed by atoms with Crippen LogP contribution in [0.25, 0.3) is 0 Å². The second-order valence-corrected chi connectivity index (χ2v) is 6.96. The minimum absolute atomic E-state index is 0.109. The molecule has 3 rings (SSSR count). The van der Waals surface area contributed by atoms with Gasteiger partial charge < -0.3 is 14.1 Å². The Morgan fingerprint density at radius 2 is 2.12 bits per heavy atom. The van der Waals surface area contributed by atoms with Crippen LogP contribution in [0, 0.1) is 5.82 Å². The Morgan fingerprint density at radius 3 is 2.83 bits per heavy atom. The van der Waals surface area contributed by atoms with Crippen LogP contribution in [0.4, 0.5) is 10.1 Å². The number of fused-ring (bicyclic) bond motifs is 1. The Labute approximate surface area is 141 Å². The van der Waals surface area contributed by atoms with Crippen molar-refractivity contribution in [3.63, 3.8) is 0 Å². The summed E-state index contributed by atoms with van der Waals surface area (Å²) in [5, 5.41) is 0. The van der Waals surface area contributed by atoms with Gasteiger partial charge in [-0.1, -0.05) is 6.92 Å². The minimum atomic E-state index is -0.491. The molecule has 0 bridgehead atoms. The first-order valence-electron chi connectivity index (χ1n) is 8.06. The second-order valence-electron chi connectivity index (χ2n) is 6.96. The van der Waals surface area contributed by atoms with Crippen LogP contribution in [0.2, 0.25) is 0 Å². The van der Waals surface area contributed by atoms with Gasteiger partial charge in [0.2, 0.25) is 5.76 Å². The molecule has 0 unspecified atom stereocenters. The average Bonchev–Trinajstić information content (AvgIpc) is 2.99. The molecule has 0 spiro atoms. The van der Waals surface area contributed by atoms with E-state index in [4.69, 9.17) is 4.42 Å². The fourth-order valence-electron chi connectivity index (χ4n) is 3.59. The number of nitrogens with zero attached hydrogens (tertiary/aromatic N) is 1. The lowest BCUT2D eigenvalue weighted by molar-refractivity contribution is 0.0563. The Bertz CT molecular complexity index is 766. The van der Waals surface area contributed by atoms with Crippen molar-refractivity contribution in [3.05, 3.63) is 53.2 Å². The number of ether oxygens (including phenoxy) is 1. The SMILES string of the molecule is COC(=O)c1ccc(CN2c3ccc(F)cc3[C@H](C)CC2(C)C)o1. The van der Waals surface area contributed by atoms with Crippen molar-refractivity contribution in [3.8, 4) is 0 Å². The van der Waals surface area contributed by atoms with E-state index in [0.29, 0.717) is 12.3 Å². The van der Waals surface area contributed by atoms with Gasteiger partial charge in [-0.15, -0.1) is 0 Å². The molecule has 128 valence electrons. The van der Waals surface area contributed by atoms with Crippen LogP contribution in [0.5, 0.6) is 0 Å². The molecule has 2 aromatic rings. The lowest BCUT2D eigenvalue weighted by Gasteiger charge is -2.47. The summed E-state index contributed by atoms with van der Waals surface area (Å²) in [5.74, 6) is 0.439. The van der Waals surface area contributed by atoms with Crippen LogP contribution < -0.4 is 4.90 Å². The Morgan fingerprint density at radius 1 is 1.38 bits per heavy atom. The third kappa shape index (κ3) is 2.90. The molecular formula is C19H22FNO3. The highest BCUT2D eigenvalue weighted by Gasteiger charge is 2.37. The van der Waals surface area contributed by atoms with Gasteiger partial charge in [-0.2, -0.15) is 0 Å². The first kappa shape index (κ1) is 16.6. The molecule has 1 aliphatic rings. The molecular weight excluding hydrogens is 309 g/mol. The topological polar surface area (TPSA) is 42.7 Å². The molecule has 1 aliphatic heterocycles. The standard InChI is InChI=1S/C19H22FNO3/c1-12-10-19(2,3)21(16-7-5-13(20)9-15(12)16)11-14-6-8-17(24-14)18(22)23-4/h5-9,12H,10-11H2,1-4H3/t12-/m1/s1. The summed E-state index contributed by atoms with van der Waals surface area (Å²) in [6.45, 7) is 6.97. The number of carbonyl (C=O) groups excluding carboxylic acids is 1. The summed E-state index contributed by atoms with van der Waals surface area (Å²) < 4.78 is 23.9. The van der Waals surface area contributed by atoms with Crippen LogP contribution >= 0.6 is 0 Å². The number of hydrogen-bond acceptors (Lipinski definition) is 4. The molecule has 0 saturated carbocycles. The predicted molar refractivity (Wildman–Crippen MR) is 89.7 cm³/mol. The molecule has 1 aromatic carbocycles. The van der Waals surface area contributed by atoms with Crippen molar-refractivity contribution in [2.24, 2.45) is 0 Å². The van der Waals surface area contributed by atoms with Gasteiger partial charge in [0.15, 0.2) is 0 Å². The highest BCUT2D eigenvalue weighted by Crippen LogP contribution is 2.44. The highest BCUT2D eigenvalue weighted by atomic mass is 19.1. The molecule has 0 amide bonds. The van der Waals surface area contributed by atoms with Gasteiger partial charge in [0.1, 0.15) is 11.6 Å². The van der Waals surface area contributed by atoms with Gasteiger partial charge in [-0.3, -0.25) is 0 Å². The molecule has 0 fully saturated rings. The monoisotopic (exact) mass is 331 g/mol. The van der Waals surface area contributed by atoms with E-state index in [0.717, 1.165) is 17.7 Å². The smallest absolute Gasteiger partial charge is 0.373 e. The fourth-order valence-corrected chi connectivity index (χ4v) is 3.59. The van der Waals surface area contributed by atoms with Gasteiger partial charge >= 0.3 is 5.97 Å². The largest absolute Gasteiger partial charge is 0.463 e. The maximum Gasteiger partial charge on any atom is 0.373 e. The summed E-state index contributed by atoms with van der Waals surface area (Å²) >= 11 is 0. The predicted octanol–water partition coefficient (Wildman–Crippen LogP) is 4.50. The number of carbonyl (C=O) groups is 1. The summed E-state index contributed by atoms with van der Waals surface area (Å²) in [5.41, 5.74) is 1.91. The molecule has 0 aliphatic carbocycles. The zero-order valence-electron chi connectivity index (χ0n) is 14.4. The maximum atomic E-state index is 13.7. The quantitative estimate of drug-likeness (QED) is 0.777. The number of furan rings is 1. The van der Waals surface area contributed by atoms with Crippen LogP contribution in [0.1, 0.15) is 55.0 Å². The first-order chi connectivity index (χ1) is 11.3. The van der Waals surface area contributed by atoms with E-state index in [2.05, 4.69) is 30.4 Å². The second kappa shape index (κ2) is 5.96. The maximum absolute atomic E-state index is 13.7. The van der Waals surface area contributed by atoms with Crippen molar-refractivity contribution >= 4 is 11.7 Å². The highest BCUT2D eigenvalue weighted by molar-refractivity contribution is 5.86. The number of benzene rings is 1. The van der Waals surface area contributed by atoms with Gasteiger partial charge in [-0.05, 0) is 62.1 Å². The number of hydrogen-bond donors (Lipinski definition) is 0. The van der Waals surface area contributed by atoms with Crippen LogP contribution in [-0.4, -0.2) is 18.6 Å². The normalized spacial score (nSPS) is 19.0. The molecule has 1 aromatic heterocycles. The molecule has 0 radical (unpaired) electrons. The average molecular weight is 331 g/mol. The molecule has 5 heteroatoms. The van der Waals surface area contributed by atoms with Crippen molar-refractivity contribution < 1.29 is 18.3 Å². The number of methoxy groups -OCH3 is 1. The molecule has 2 heterocycles. The lowest BCUT2D eigenvalue weighted by atomic mass is 9.80. The third-order valence-electron chi connectivity index (χ3n) is 4.71. The molecule has 1 atom stereocenters. The van der Waals surface area contributed by atoms with E-state index in [1.165, 1.54) is 13.2 Å². The molecule has 24 heavy (non-hydrogen) atoms. The van der Waals surface area contributed by atoms with Gasteiger partial charge in [-0.25, -0.2) is 9.18 Å². The Kier molecular flexibility index (Phi) is 4.11. The van der Waals surface area contributed by atoms with E-state index < -0.39 is 5.97 Å². The lowest BCUT2D eigenvalue weighted by Crippen LogP contribution is -2.47. The summed E-state index contributed by atoms with van der Waals surface area (Å²) in [6.07, 6.45) is 0.911. The van der Waals surface area contributed by atoms with Gasteiger partial charge in [0.05, 0.1) is 13.7 Å². The fraction of sp³-hybridized carbons (Fsp3) is 0.421. The number of esters is 1. The van der Waals surface area contributed by atoms with E-state index in [1.54, 1.807) is 18.2 Å². The zero-order valence-corrected chi connectivity index (χ0v) is 14.4. The molecule has 0 saturated heterocycles. The van der Waals surface area contributed by atoms with Crippen molar-refractivity contribution in [1.29, 1.82) is 0 Å². The number of anilines is 1. The third-order valence-corrected chi connectivity index (χ3v) is 4.71. The van der Waals surface area contributed by atoms with E-state index >= 15 is 0 Å². The van der Waals surface area contributed by atoms with Crippen LogP contribution in [0.15, 0.2) is 34.7 Å². The summed E-state index contributed by atoms with van der Waals surface area (Å²) in [7, 11) is 1.32. The van der Waals surface area contributed by atoms with Crippen molar-refractivity contribution in [1.82, 2.24) is 0 Å². The number of rotatable bonds is 3. The van der Waals surface area contributed by atoms with Crippen LogP contribution in [0.3, 0.4) is 0 Å². The van der Waals surface area contributed by atoms with Gasteiger partial charge in [0.25, 0.3) is 0 Å². The Balaban J connectivity index is 1.95. The molecule has 4 nitrogen and oxygen atoms in total. The van der Waals surface area contributed by atoms with E-state index in [9.17, 15) is 9.18 Å². The minimum Gasteiger partial charge on any atom is -0.463 e. The number of halogens is 1. The summed E-state index contributed by atoms with van der Waals surface area (Å²) in [4.78, 5) is 13.8. The van der Waals surface area contributed by atoms with Crippen molar-refractivity contribution in [2.45, 2.75) is 45.2 Å². The van der Waals surface area contributed by atoms with Gasteiger partial charge in [0, 0.05) is 11.2 Å². The van der Waals surface area contributed by atoms with E-state index in [-0.39, 0.29) is 23.0 Å². The first-order valence-corrected chi connectivity index (χ1v) is 8.06. The zero-order chi connectivity index (χ0) is 17.5. The molecule has 0 N–H and O–H groups in total. The van der Waals surface area contributed by atoms with Crippen LogP contribution in [-0.2, 0) is 11.3 Å².